The van der Waals surface area contributed by atoms with E-state index in [1.165, 1.54) is 12.8 Å². The van der Waals surface area contributed by atoms with Crippen LogP contribution in [0.25, 0.3) is 0 Å². The molecule has 3 rings (SSSR count). The molecule has 1 aromatic rings. The number of aryl methyl sites for hydroxylation is 2. The summed E-state index contributed by atoms with van der Waals surface area (Å²) in [4.78, 5) is 14.9. The second-order valence-corrected chi connectivity index (χ2v) is 6.12. The van der Waals surface area contributed by atoms with Crippen molar-refractivity contribution in [2.24, 2.45) is 13.0 Å². The highest BCUT2D eigenvalue weighted by Gasteiger charge is 2.36. The van der Waals surface area contributed by atoms with Gasteiger partial charge in [0.2, 0.25) is 0 Å². The van der Waals surface area contributed by atoms with Crippen LogP contribution >= 0.6 is 0 Å². The molecule has 2 fully saturated rings. The van der Waals surface area contributed by atoms with Gasteiger partial charge in [-0.15, -0.1) is 0 Å². The summed E-state index contributed by atoms with van der Waals surface area (Å²) in [5.41, 5.74) is 1.60. The third-order valence-electron chi connectivity index (χ3n) is 4.68. The lowest BCUT2D eigenvalue weighted by Gasteiger charge is -2.34. The second-order valence-electron chi connectivity index (χ2n) is 6.12. The molecule has 5 nitrogen and oxygen atoms in total. The van der Waals surface area contributed by atoms with Gasteiger partial charge in [-0.25, -0.2) is 0 Å². The molecule has 5 heteroatoms. The maximum atomic E-state index is 12.8. The van der Waals surface area contributed by atoms with Crippen molar-refractivity contribution in [1.29, 1.82) is 0 Å². The minimum atomic E-state index is 0.170. The number of rotatable bonds is 2. The van der Waals surface area contributed by atoms with Crippen molar-refractivity contribution in [3.63, 3.8) is 0 Å². The van der Waals surface area contributed by atoms with Gasteiger partial charge in [0.15, 0.2) is 0 Å². The average Bonchev–Trinajstić information content (AvgIpc) is 3.05. The fourth-order valence-corrected chi connectivity index (χ4v) is 3.71. The van der Waals surface area contributed by atoms with E-state index in [1.54, 1.807) is 4.68 Å². The number of amides is 1. The van der Waals surface area contributed by atoms with Gasteiger partial charge in [0.25, 0.3) is 5.91 Å². The summed E-state index contributed by atoms with van der Waals surface area (Å²) in [6.07, 6.45) is 6.61. The molecular formula is C15H24N4O. The number of likely N-dealkylation sites (tertiary alicyclic amines) is 1. The van der Waals surface area contributed by atoms with Crippen molar-refractivity contribution in [2.75, 3.05) is 19.6 Å². The fourth-order valence-electron chi connectivity index (χ4n) is 3.71. The molecule has 2 aliphatic heterocycles. The Morgan fingerprint density at radius 1 is 1.40 bits per heavy atom. The number of carbonyl (C=O) groups excluding carboxylic acids is 1. The first-order chi connectivity index (χ1) is 9.66. The van der Waals surface area contributed by atoms with Crippen molar-refractivity contribution in [2.45, 2.75) is 38.6 Å². The van der Waals surface area contributed by atoms with Gasteiger partial charge in [-0.2, -0.15) is 5.10 Å². The van der Waals surface area contributed by atoms with Crippen LogP contribution in [0.5, 0.6) is 0 Å². The quantitative estimate of drug-likeness (QED) is 0.886. The highest BCUT2D eigenvalue weighted by atomic mass is 16.2. The molecule has 0 saturated carbocycles. The molecule has 0 radical (unpaired) electrons. The molecular weight excluding hydrogens is 252 g/mol. The molecule has 2 aliphatic rings. The van der Waals surface area contributed by atoms with E-state index < -0.39 is 0 Å². The average molecular weight is 276 g/mol. The summed E-state index contributed by atoms with van der Waals surface area (Å²) >= 11 is 0. The Morgan fingerprint density at radius 2 is 2.25 bits per heavy atom. The Labute approximate surface area is 120 Å². The van der Waals surface area contributed by atoms with Gasteiger partial charge < -0.3 is 10.2 Å². The van der Waals surface area contributed by atoms with Crippen LogP contribution in [0.3, 0.4) is 0 Å². The van der Waals surface area contributed by atoms with Crippen molar-refractivity contribution < 1.29 is 4.79 Å². The van der Waals surface area contributed by atoms with E-state index in [0.717, 1.165) is 43.7 Å². The predicted octanol–water partition coefficient (Wildman–Crippen LogP) is 1.33. The first-order valence-electron chi connectivity index (χ1n) is 7.69. The highest BCUT2D eigenvalue weighted by molar-refractivity contribution is 5.95. The molecule has 20 heavy (non-hydrogen) atoms. The first kappa shape index (κ1) is 13.6. The summed E-state index contributed by atoms with van der Waals surface area (Å²) in [5, 5.41) is 7.77. The third kappa shape index (κ3) is 2.46. The van der Waals surface area contributed by atoms with Crippen molar-refractivity contribution in [3.8, 4) is 0 Å². The molecule has 110 valence electrons. The minimum Gasteiger partial charge on any atom is -0.335 e. The van der Waals surface area contributed by atoms with Crippen LogP contribution in [0.4, 0.5) is 0 Å². The van der Waals surface area contributed by atoms with Gasteiger partial charge in [0, 0.05) is 25.8 Å². The zero-order valence-corrected chi connectivity index (χ0v) is 12.4. The molecule has 0 bridgehead atoms. The van der Waals surface area contributed by atoms with E-state index >= 15 is 0 Å². The second kappa shape index (κ2) is 5.56. The highest BCUT2D eigenvalue weighted by Crippen LogP contribution is 2.29. The molecule has 0 spiro atoms. The number of hydrogen-bond donors (Lipinski definition) is 1. The fraction of sp³-hybridized carbons (Fsp3) is 0.733. The molecule has 0 aromatic carbocycles. The molecule has 0 aliphatic carbocycles. The van der Waals surface area contributed by atoms with Gasteiger partial charge in [-0.05, 0) is 51.6 Å². The van der Waals surface area contributed by atoms with Crippen LogP contribution in [0.1, 0.15) is 41.7 Å². The van der Waals surface area contributed by atoms with Crippen LogP contribution in [-0.4, -0.2) is 46.3 Å². The van der Waals surface area contributed by atoms with Crippen molar-refractivity contribution in [1.82, 2.24) is 20.0 Å². The smallest absolute Gasteiger partial charge is 0.257 e. The Bertz CT molecular complexity index is 490. The van der Waals surface area contributed by atoms with E-state index in [9.17, 15) is 4.79 Å². The topological polar surface area (TPSA) is 50.2 Å². The first-order valence-corrected chi connectivity index (χ1v) is 7.69. The van der Waals surface area contributed by atoms with Crippen LogP contribution < -0.4 is 5.32 Å². The van der Waals surface area contributed by atoms with Gasteiger partial charge in [-0.1, -0.05) is 0 Å². The number of nitrogens with zero attached hydrogens (tertiary/aromatic N) is 3. The van der Waals surface area contributed by atoms with E-state index in [2.05, 4.69) is 15.3 Å². The Hall–Kier alpha value is -1.36. The molecule has 1 N–H and O–H groups in total. The van der Waals surface area contributed by atoms with E-state index in [4.69, 9.17) is 0 Å². The normalized spacial score (nSPS) is 27.0. The number of nitrogens with one attached hydrogen (secondary N) is 1. The van der Waals surface area contributed by atoms with Crippen LogP contribution in [0.2, 0.25) is 0 Å². The maximum Gasteiger partial charge on any atom is 0.257 e. The lowest BCUT2D eigenvalue weighted by atomic mass is 9.90. The van der Waals surface area contributed by atoms with Crippen LogP contribution in [0.15, 0.2) is 6.20 Å². The van der Waals surface area contributed by atoms with Crippen LogP contribution in [0, 0.1) is 12.8 Å². The van der Waals surface area contributed by atoms with Gasteiger partial charge in [0.1, 0.15) is 0 Å². The lowest BCUT2D eigenvalue weighted by molar-refractivity contribution is 0.0670. The van der Waals surface area contributed by atoms with E-state index in [-0.39, 0.29) is 5.91 Å². The van der Waals surface area contributed by atoms with E-state index in [1.807, 2.05) is 20.2 Å². The zero-order chi connectivity index (χ0) is 14.1. The number of carbonyl (C=O) groups is 1. The summed E-state index contributed by atoms with van der Waals surface area (Å²) < 4.78 is 1.73. The number of aromatic nitrogens is 2. The summed E-state index contributed by atoms with van der Waals surface area (Å²) in [7, 11) is 1.87. The largest absolute Gasteiger partial charge is 0.335 e. The number of piperidine rings is 1. The molecule has 1 aromatic heterocycles. The lowest BCUT2D eigenvalue weighted by Crippen LogP contribution is -2.45. The summed E-state index contributed by atoms with van der Waals surface area (Å²) in [6.45, 7) is 4.99. The predicted molar refractivity (Wildman–Crippen MR) is 77.6 cm³/mol. The Kier molecular flexibility index (Phi) is 3.78. The standard InChI is InChI=1S/C15H24N4O/c1-11-13(10-18(2)17-11)15(20)19-8-4-6-14(19)12-5-3-7-16-9-12/h10,12,14,16H,3-9H2,1-2H3. The maximum absolute atomic E-state index is 12.8. The number of hydrogen-bond acceptors (Lipinski definition) is 3. The monoisotopic (exact) mass is 276 g/mol. The molecule has 2 atom stereocenters. The minimum absolute atomic E-state index is 0.170. The van der Waals surface area contributed by atoms with Crippen LogP contribution in [-0.2, 0) is 7.05 Å². The van der Waals surface area contributed by atoms with Gasteiger partial charge in [-0.3, -0.25) is 9.48 Å². The summed E-state index contributed by atoms with van der Waals surface area (Å²) in [6, 6.07) is 0.412. The molecule has 2 unspecified atom stereocenters. The van der Waals surface area contributed by atoms with Gasteiger partial charge in [0.05, 0.1) is 11.3 Å². The Morgan fingerprint density at radius 3 is 2.90 bits per heavy atom. The summed E-state index contributed by atoms with van der Waals surface area (Å²) in [5.74, 6) is 0.788. The van der Waals surface area contributed by atoms with E-state index in [0.29, 0.717) is 12.0 Å². The SMILES string of the molecule is Cc1nn(C)cc1C(=O)N1CCCC1C1CCCNC1. The Balaban J connectivity index is 1.77. The molecule has 2 saturated heterocycles. The molecule has 3 heterocycles. The van der Waals surface area contributed by atoms with Crippen molar-refractivity contribution in [3.05, 3.63) is 17.5 Å². The van der Waals surface area contributed by atoms with Crippen molar-refractivity contribution >= 4 is 5.91 Å². The zero-order valence-electron chi connectivity index (χ0n) is 12.4. The third-order valence-corrected chi connectivity index (χ3v) is 4.68. The molecule has 1 amide bonds. The van der Waals surface area contributed by atoms with Gasteiger partial charge >= 0.3 is 0 Å².